The lowest BCUT2D eigenvalue weighted by molar-refractivity contribution is -0.402. The summed E-state index contributed by atoms with van der Waals surface area (Å²) in [7, 11) is 0. The van der Waals surface area contributed by atoms with Crippen molar-refractivity contribution in [1.29, 1.82) is 0 Å². The predicted octanol–water partition coefficient (Wildman–Crippen LogP) is 4.97. The maximum absolute atomic E-state index is 11.6. The topological polar surface area (TPSA) is 354 Å². The molecule has 0 atom stereocenters. The highest BCUT2D eigenvalue weighted by molar-refractivity contribution is 5.96. The van der Waals surface area contributed by atoms with Crippen LogP contribution in [0, 0.1) is 30.3 Å². The van der Waals surface area contributed by atoms with E-state index in [2.05, 4.69) is 31.6 Å². The summed E-state index contributed by atoms with van der Waals surface area (Å²) in [6.07, 6.45) is 3.43. The number of phenolic OH excluding ortho intramolecular Hbond substituents is 3. The maximum Gasteiger partial charge on any atom is 0.433 e. The van der Waals surface area contributed by atoms with E-state index in [4.69, 9.17) is 28.6 Å². The monoisotopic (exact) mass is 825 g/mol. The average molecular weight is 826 g/mol. The third-order valence-electron chi connectivity index (χ3n) is 6.84. The fourth-order valence-corrected chi connectivity index (χ4v) is 4.02. The number of nitrogens with zero attached hydrogens (tertiary/aromatic N) is 6. The van der Waals surface area contributed by atoms with Crippen molar-refractivity contribution in [3.8, 4) is 17.2 Å². The van der Waals surface area contributed by atoms with Crippen LogP contribution in [-0.4, -0.2) is 66.5 Å². The van der Waals surface area contributed by atoms with Gasteiger partial charge in [-0.25, -0.2) is 16.3 Å². The lowest BCUT2D eigenvalue weighted by Gasteiger charge is -1.99. The first-order chi connectivity index (χ1) is 28.7. The normalized spacial score (nSPS) is 10.6. The number of carbonyl (C=O) groups is 3. The summed E-state index contributed by atoms with van der Waals surface area (Å²) in [6, 6.07) is 24.4. The Balaban J connectivity index is 0.000000198. The van der Waals surface area contributed by atoms with Crippen molar-refractivity contribution in [1.82, 2.24) is 16.3 Å². The van der Waals surface area contributed by atoms with Crippen LogP contribution in [0.2, 0.25) is 0 Å². The fourth-order valence-electron chi connectivity index (χ4n) is 4.02. The van der Waals surface area contributed by atoms with E-state index < -0.39 is 50.1 Å². The average Bonchev–Trinajstić information content (AvgIpc) is 4.02. The Bertz CT molecular complexity index is 2260. The van der Waals surface area contributed by atoms with E-state index in [-0.39, 0.29) is 34.5 Å². The molecule has 0 saturated carbocycles. The molecule has 306 valence electrons. The van der Waals surface area contributed by atoms with Crippen LogP contribution in [0.25, 0.3) is 0 Å². The first kappa shape index (κ1) is 43.3. The highest BCUT2D eigenvalue weighted by Gasteiger charge is 2.13. The number of hydrazone groups is 3. The van der Waals surface area contributed by atoms with Gasteiger partial charge in [0.15, 0.2) is 17.3 Å². The number of hydrogen-bond donors (Lipinski definition) is 6. The molecule has 0 bridgehead atoms. The number of amides is 3. The molecule has 3 aromatic heterocycles. The van der Waals surface area contributed by atoms with Crippen molar-refractivity contribution in [2.45, 2.75) is 0 Å². The van der Waals surface area contributed by atoms with Gasteiger partial charge in [0.25, 0.3) is 17.7 Å². The number of rotatable bonds is 12. The number of phenols is 3. The molecule has 0 aliphatic rings. The zero-order valence-corrected chi connectivity index (χ0v) is 30.0. The van der Waals surface area contributed by atoms with E-state index in [0.29, 0.717) is 16.7 Å². The Hall–Kier alpha value is -9.48. The molecule has 24 heteroatoms. The third-order valence-corrected chi connectivity index (χ3v) is 6.84. The summed E-state index contributed by atoms with van der Waals surface area (Å²) in [6.45, 7) is 0. The van der Waals surface area contributed by atoms with Crippen molar-refractivity contribution in [3.63, 3.8) is 0 Å². The molecular weight excluding hydrogens is 798 g/mol. The Labute approximate surface area is 333 Å². The van der Waals surface area contributed by atoms with Gasteiger partial charge in [-0.1, -0.05) is 0 Å². The van der Waals surface area contributed by atoms with Crippen LogP contribution in [0.15, 0.2) is 138 Å². The van der Waals surface area contributed by atoms with Crippen LogP contribution in [-0.2, 0) is 0 Å². The Morgan fingerprint density at radius 2 is 0.667 bits per heavy atom. The van der Waals surface area contributed by atoms with Gasteiger partial charge in [0.2, 0.25) is 0 Å². The molecule has 6 N–H and O–H groups in total. The molecule has 0 spiro atoms. The third kappa shape index (κ3) is 13.7. The number of carbonyl (C=O) groups excluding carboxylic acids is 3. The van der Waals surface area contributed by atoms with Gasteiger partial charge in [-0.2, -0.15) is 15.3 Å². The van der Waals surface area contributed by atoms with E-state index >= 15 is 0 Å². The van der Waals surface area contributed by atoms with Crippen LogP contribution >= 0.6 is 0 Å². The van der Waals surface area contributed by atoms with Crippen molar-refractivity contribution in [3.05, 3.63) is 174 Å². The number of nitro groups is 3. The summed E-state index contributed by atoms with van der Waals surface area (Å²) in [5, 5.41) is 69.2. The van der Waals surface area contributed by atoms with Gasteiger partial charge in [0.1, 0.15) is 32.0 Å². The Morgan fingerprint density at radius 3 is 0.867 bits per heavy atom. The maximum atomic E-state index is 11.6. The molecule has 0 radical (unpaired) electrons. The standard InChI is InChI=1S/3C12H9N3O5/c3*16-9-3-1-8(2-4-9)12(17)14-13-7-10-5-6-11(20-10)15(18)19/h3*1-7,16H,(H,14,17)/b3*13-7+. The van der Waals surface area contributed by atoms with E-state index in [1.807, 2.05) is 0 Å². The second-order valence-electron chi connectivity index (χ2n) is 11.0. The van der Waals surface area contributed by atoms with Crippen molar-refractivity contribution >= 4 is 54.0 Å². The van der Waals surface area contributed by atoms with Gasteiger partial charge in [0, 0.05) is 16.7 Å². The molecule has 24 nitrogen and oxygen atoms in total. The van der Waals surface area contributed by atoms with Gasteiger partial charge >= 0.3 is 17.7 Å². The van der Waals surface area contributed by atoms with Crippen molar-refractivity contribution in [2.24, 2.45) is 15.3 Å². The number of nitrogens with one attached hydrogen (secondary N) is 3. The minimum Gasteiger partial charge on any atom is -0.508 e. The number of hydrogen-bond acceptors (Lipinski definition) is 18. The Kier molecular flexibility index (Phi) is 15.1. The highest BCUT2D eigenvalue weighted by Crippen LogP contribution is 2.16. The molecule has 6 rings (SSSR count). The molecule has 3 amide bonds. The van der Waals surface area contributed by atoms with E-state index in [9.17, 15) is 44.7 Å². The van der Waals surface area contributed by atoms with Crippen LogP contribution in [0.5, 0.6) is 17.2 Å². The van der Waals surface area contributed by atoms with Crippen molar-refractivity contribution < 1.29 is 57.7 Å². The molecule has 0 saturated heterocycles. The number of benzene rings is 3. The summed E-state index contributed by atoms with van der Waals surface area (Å²) in [5.74, 6) is -2.10. The first-order valence-corrected chi connectivity index (χ1v) is 16.3. The van der Waals surface area contributed by atoms with Gasteiger partial charge in [-0.3, -0.25) is 44.7 Å². The van der Waals surface area contributed by atoms with Crippen LogP contribution in [0.3, 0.4) is 0 Å². The minimum atomic E-state index is -0.674. The second kappa shape index (κ2) is 21.0. The van der Waals surface area contributed by atoms with Crippen LogP contribution < -0.4 is 16.3 Å². The zero-order valence-electron chi connectivity index (χ0n) is 30.0. The molecule has 0 fully saturated rings. The van der Waals surface area contributed by atoms with E-state index in [1.165, 1.54) is 109 Å². The molecular formula is C36H27N9O15. The van der Waals surface area contributed by atoms with Gasteiger partial charge in [-0.05, 0) is 91.0 Å². The van der Waals surface area contributed by atoms with Crippen LogP contribution in [0.1, 0.15) is 48.4 Å². The zero-order chi connectivity index (χ0) is 43.6. The molecule has 3 aromatic carbocycles. The first-order valence-electron chi connectivity index (χ1n) is 16.3. The number of aromatic hydroxyl groups is 3. The molecule has 0 aliphatic heterocycles. The molecule has 0 aliphatic carbocycles. The quantitative estimate of drug-likeness (QED) is 0.0539. The second-order valence-corrected chi connectivity index (χ2v) is 11.0. The predicted molar refractivity (Wildman–Crippen MR) is 206 cm³/mol. The largest absolute Gasteiger partial charge is 0.508 e. The van der Waals surface area contributed by atoms with Gasteiger partial charge in [0.05, 0.1) is 36.8 Å². The summed E-state index contributed by atoms with van der Waals surface area (Å²) >= 11 is 0. The van der Waals surface area contributed by atoms with Gasteiger partial charge < -0.3 is 28.6 Å². The SMILES string of the molecule is O=C(N/N=C/c1ccc([N+](=O)[O-])o1)c1ccc(O)cc1.O=C(N/N=C/c1ccc([N+](=O)[O-])o1)c1ccc(O)cc1.O=C(N/N=C/c1ccc([N+](=O)[O-])o1)c1ccc(O)cc1. The van der Waals surface area contributed by atoms with E-state index in [1.54, 1.807) is 0 Å². The minimum absolute atomic E-state index is 0.0490. The van der Waals surface area contributed by atoms with Crippen molar-refractivity contribution in [2.75, 3.05) is 0 Å². The lowest BCUT2D eigenvalue weighted by Crippen LogP contribution is -2.17. The molecule has 0 unspecified atom stereocenters. The molecule has 3 heterocycles. The Morgan fingerprint density at radius 1 is 0.433 bits per heavy atom. The molecule has 6 aromatic rings. The smallest absolute Gasteiger partial charge is 0.433 e. The van der Waals surface area contributed by atoms with E-state index in [0.717, 1.165) is 18.6 Å². The number of furan rings is 3. The molecule has 60 heavy (non-hydrogen) atoms. The summed E-state index contributed by atoms with van der Waals surface area (Å²) in [5.41, 5.74) is 7.60. The summed E-state index contributed by atoms with van der Waals surface area (Å²) < 4.78 is 14.4. The lowest BCUT2D eigenvalue weighted by atomic mass is 10.2. The highest BCUT2D eigenvalue weighted by atomic mass is 16.7. The summed E-state index contributed by atoms with van der Waals surface area (Å²) in [4.78, 5) is 64.0. The van der Waals surface area contributed by atoms with Crippen LogP contribution in [0.4, 0.5) is 17.7 Å². The van der Waals surface area contributed by atoms with Gasteiger partial charge in [-0.15, -0.1) is 0 Å². The fraction of sp³-hybridized carbons (Fsp3) is 0.